The minimum absolute atomic E-state index is 0.789. The Morgan fingerprint density at radius 3 is 2.76 bits per heavy atom. The van der Waals surface area contributed by atoms with Crippen molar-refractivity contribution in [3.8, 4) is 5.75 Å². The molecule has 0 spiro atoms. The van der Waals surface area contributed by atoms with E-state index >= 15 is 0 Å². The fraction of sp³-hybridized carbons (Fsp3) is 0.500. The van der Waals surface area contributed by atoms with Gasteiger partial charge in [0.1, 0.15) is 5.75 Å². The van der Waals surface area contributed by atoms with Gasteiger partial charge in [-0.2, -0.15) is 0 Å². The number of unbranched alkanes of at least 4 members (excludes halogenated alkanes) is 1. The molecule has 0 aliphatic heterocycles. The number of aryl methyl sites for hydroxylation is 1. The molecule has 0 heterocycles. The van der Waals surface area contributed by atoms with Gasteiger partial charge in [-0.3, -0.25) is 0 Å². The van der Waals surface area contributed by atoms with Crippen molar-refractivity contribution >= 4 is 12.0 Å². The van der Waals surface area contributed by atoms with Crippen LogP contribution in [0.25, 0.3) is 6.08 Å². The third kappa shape index (κ3) is 6.48. The summed E-state index contributed by atoms with van der Waals surface area (Å²) in [6.45, 7) is 4.52. The lowest BCUT2D eigenvalue weighted by atomic mass is 9.98. The molecule has 1 N–H and O–H groups in total. The summed E-state index contributed by atoms with van der Waals surface area (Å²) < 4.78 is 5.38. The molecule has 1 aromatic carbocycles. The predicted molar refractivity (Wildman–Crippen MR) is 86.7 cm³/mol. The number of aliphatic carboxylic acids is 1. The second-order valence-corrected chi connectivity index (χ2v) is 5.50. The van der Waals surface area contributed by atoms with Gasteiger partial charge >= 0.3 is 5.97 Å². The van der Waals surface area contributed by atoms with Crippen molar-refractivity contribution < 1.29 is 14.6 Å². The van der Waals surface area contributed by atoms with E-state index in [9.17, 15) is 4.79 Å². The number of hydrogen-bond donors (Lipinski definition) is 1. The van der Waals surface area contributed by atoms with Crippen LogP contribution in [-0.2, 0) is 11.2 Å². The Morgan fingerprint density at radius 2 is 2.14 bits per heavy atom. The number of ether oxygens (including phenoxy) is 1. The highest BCUT2D eigenvalue weighted by Gasteiger charge is 2.05. The molecule has 0 fully saturated rings. The van der Waals surface area contributed by atoms with Gasteiger partial charge in [0.2, 0.25) is 0 Å². The zero-order valence-electron chi connectivity index (χ0n) is 13.3. The highest BCUT2D eigenvalue weighted by atomic mass is 16.5. The zero-order chi connectivity index (χ0) is 15.7. The van der Waals surface area contributed by atoms with E-state index in [-0.39, 0.29) is 0 Å². The second-order valence-electron chi connectivity index (χ2n) is 5.50. The summed E-state index contributed by atoms with van der Waals surface area (Å²) in [5, 5.41) is 8.68. The van der Waals surface area contributed by atoms with Gasteiger partial charge in [0, 0.05) is 6.08 Å². The first-order valence-electron chi connectivity index (χ1n) is 7.64. The average molecular weight is 290 g/mol. The molecular weight excluding hydrogens is 264 g/mol. The average Bonchev–Trinajstić information content (AvgIpc) is 2.49. The Labute approximate surface area is 127 Å². The summed E-state index contributed by atoms with van der Waals surface area (Å²) in [6.07, 6.45) is 8.59. The maximum absolute atomic E-state index is 10.6. The Morgan fingerprint density at radius 1 is 1.38 bits per heavy atom. The number of methoxy groups -OCH3 is 1. The summed E-state index contributed by atoms with van der Waals surface area (Å²) in [5.74, 6) is 0.740. The molecule has 0 saturated heterocycles. The van der Waals surface area contributed by atoms with Gasteiger partial charge in [0.25, 0.3) is 0 Å². The first-order valence-corrected chi connectivity index (χ1v) is 7.64. The van der Waals surface area contributed by atoms with E-state index in [0.717, 1.165) is 41.7 Å². The molecule has 1 aromatic rings. The minimum Gasteiger partial charge on any atom is -0.496 e. The lowest BCUT2D eigenvalue weighted by Crippen LogP contribution is -1.96. The van der Waals surface area contributed by atoms with Crippen LogP contribution in [-0.4, -0.2) is 18.2 Å². The van der Waals surface area contributed by atoms with Gasteiger partial charge in [-0.25, -0.2) is 4.79 Å². The van der Waals surface area contributed by atoms with Gasteiger partial charge in [0.05, 0.1) is 7.11 Å². The molecule has 3 nitrogen and oxygen atoms in total. The van der Waals surface area contributed by atoms with E-state index in [1.54, 1.807) is 13.2 Å². The van der Waals surface area contributed by atoms with Crippen molar-refractivity contribution in [2.45, 2.75) is 46.0 Å². The van der Waals surface area contributed by atoms with Crippen LogP contribution in [0.5, 0.6) is 5.75 Å². The number of carbonyl (C=O) groups is 1. The monoisotopic (exact) mass is 290 g/mol. The van der Waals surface area contributed by atoms with Crippen molar-refractivity contribution in [3.05, 3.63) is 35.4 Å². The van der Waals surface area contributed by atoms with E-state index in [4.69, 9.17) is 9.84 Å². The molecule has 0 aliphatic carbocycles. The third-order valence-corrected chi connectivity index (χ3v) is 3.81. The van der Waals surface area contributed by atoms with Crippen molar-refractivity contribution in [1.82, 2.24) is 0 Å². The largest absolute Gasteiger partial charge is 0.496 e. The van der Waals surface area contributed by atoms with Crippen LogP contribution < -0.4 is 4.74 Å². The van der Waals surface area contributed by atoms with Gasteiger partial charge in [0.15, 0.2) is 0 Å². The van der Waals surface area contributed by atoms with E-state index in [0.29, 0.717) is 0 Å². The Bertz CT molecular complexity index is 477. The Hall–Kier alpha value is -1.77. The van der Waals surface area contributed by atoms with Gasteiger partial charge < -0.3 is 9.84 Å². The quantitative estimate of drug-likeness (QED) is 0.536. The third-order valence-electron chi connectivity index (χ3n) is 3.81. The molecule has 0 amide bonds. The number of carboxylic acids is 1. The summed E-state index contributed by atoms with van der Waals surface area (Å²) in [4.78, 5) is 10.6. The zero-order valence-corrected chi connectivity index (χ0v) is 13.3. The summed E-state index contributed by atoms with van der Waals surface area (Å²) in [6, 6.07) is 5.80. The van der Waals surface area contributed by atoms with Crippen LogP contribution >= 0.6 is 0 Å². The van der Waals surface area contributed by atoms with Crippen LogP contribution in [0.15, 0.2) is 24.3 Å². The minimum atomic E-state index is -0.930. The molecule has 1 atom stereocenters. The molecule has 116 valence electrons. The van der Waals surface area contributed by atoms with Gasteiger partial charge in [-0.1, -0.05) is 39.2 Å². The van der Waals surface area contributed by atoms with Crippen LogP contribution in [0, 0.1) is 5.92 Å². The highest BCUT2D eigenvalue weighted by molar-refractivity contribution is 5.85. The fourth-order valence-electron chi connectivity index (χ4n) is 2.28. The molecule has 1 rings (SSSR count). The van der Waals surface area contributed by atoms with Gasteiger partial charge in [-0.15, -0.1) is 0 Å². The molecule has 0 aromatic heterocycles. The number of hydrogen-bond acceptors (Lipinski definition) is 2. The lowest BCUT2D eigenvalue weighted by molar-refractivity contribution is -0.131. The van der Waals surface area contributed by atoms with Crippen molar-refractivity contribution in [2.24, 2.45) is 5.92 Å². The topological polar surface area (TPSA) is 46.5 Å². The van der Waals surface area contributed by atoms with Crippen LogP contribution in [0.3, 0.4) is 0 Å². The second kappa shape index (κ2) is 9.22. The van der Waals surface area contributed by atoms with Crippen LogP contribution in [0.2, 0.25) is 0 Å². The van der Waals surface area contributed by atoms with Crippen molar-refractivity contribution in [1.29, 1.82) is 0 Å². The number of rotatable bonds is 9. The molecule has 0 saturated carbocycles. The summed E-state index contributed by atoms with van der Waals surface area (Å²) in [7, 11) is 1.67. The van der Waals surface area contributed by atoms with E-state index < -0.39 is 5.97 Å². The molecule has 1 unspecified atom stereocenters. The predicted octanol–water partition coefficient (Wildman–Crippen LogP) is 4.55. The summed E-state index contributed by atoms with van der Waals surface area (Å²) >= 11 is 0. The molecule has 0 aliphatic rings. The van der Waals surface area contributed by atoms with E-state index in [2.05, 4.69) is 13.8 Å². The van der Waals surface area contributed by atoms with Gasteiger partial charge in [-0.05, 0) is 48.1 Å². The smallest absolute Gasteiger partial charge is 0.328 e. The highest BCUT2D eigenvalue weighted by Crippen LogP contribution is 2.23. The number of benzene rings is 1. The maximum Gasteiger partial charge on any atom is 0.328 e. The van der Waals surface area contributed by atoms with Crippen molar-refractivity contribution in [3.63, 3.8) is 0 Å². The van der Waals surface area contributed by atoms with E-state index in [1.807, 2.05) is 18.2 Å². The molecule has 0 radical (unpaired) electrons. The molecule has 21 heavy (non-hydrogen) atoms. The Kier molecular flexibility index (Phi) is 7.59. The van der Waals surface area contributed by atoms with E-state index in [1.165, 1.54) is 19.3 Å². The lowest BCUT2D eigenvalue weighted by Gasteiger charge is -2.11. The first-order chi connectivity index (χ1) is 10.1. The standard InChI is InChI=1S/C18H26O3/c1-4-14(2)7-5-6-8-16-13-15(10-12-18(19)20)9-11-17(16)21-3/h9-14H,4-8H2,1-3H3,(H,19,20). The molecule has 0 bridgehead atoms. The first kappa shape index (κ1) is 17.3. The van der Waals surface area contributed by atoms with Crippen molar-refractivity contribution in [2.75, 3.05) is 7.11 Å². The van der Waals surface area contributed by atoms with Crippen LogP contribution in [0.1, 0.15) is 50.7 Å². The summed E-state index contributed by atoms with van der Waals surface area (Å²) in [5.41, 5.74) is 2.05. The fourth-order valence-corrected chi connectivity index (χ4v) is 2.28. The maximum atomic E-state index is 10.6. The van der Waals surface area contributed by atoms with Crippen LogP contribution in [0.4, 0.5) is 0 Å². The SMILES string of the molecule is CCC(C)CCCCc1cc(C=CC(=O)O)ccc1OC. The molecular formula is C18H26O3. The normalized spacial score (nSPS) is 12.5. The Balaban J connectivity index is 2.65. The number of carboxylic acid groups (broad SMARTS) is 1. The molecule has 3 heteroatoms.